The lowest BCUT2D eigenvalue weighted by Gasteiger charge is -2.09. The standard InChI is InChI=1S/C11H9Cl2N3O/c1-6-10(15-16-11(13)14-6)8-4-3-7(12)5-9(8)17-2/h3-5H,1-2H3. The number of halogens is 2. The van der Waals surface area contributed by atoms with E-state index in [-0.39, 0.29) is 5.28 Å². The van der Waals surface area contributed by atoms with Crippen molar-refractivity contribution in [1.29, 1.82) is 0 Å². The van der Waals surface area contributed by atoms with Gasteiger partial charge in [0, 0.05) is 10.6 Å². The molecule has 0 aliphatic carbocycles. The molecule has 1 aromatic carbocycles. The molecule has 0 aliphatic heterocycles. The van der Waals surface area contributed by atoms with E-state index in [9.17, 15) is 0 Å². The number of hydrogen-bond donors (Lipinski definition) is 0. The van der Waals surface area contributed by atoms with Crippen molar-refractivity contribution in [2.45, 2.75) is 6.92 Å². The Bertz CT molecular complexity index is 560. The zero-order valence-corrected chi connectivity index (χ0v) is 10.7. The molecular weight excluding hydrogens is 261 g/mol. The summed E-state index contributed by atoms with van der Waals surface area (Å²) in [5, 5.41) is 8.47. The Morgan fingerprint density at radius 3 is 2.59 bits per heavy atom. The van der Waals surface area contributed by atoms with Crippen molar-refractivity contribution < 1.29 is 4.74 Å². The summed E-state index contributed by atoms with van der Waals surface area (Å²) in [5.41, 5.74) is 2.10. The predicted octanol–water partition coefficient (Wildman–Crippen LogP) is 3.16. The fraction of sp³-hybridized carbons (Fsp3) is 0.182. The highest BCUT2D eigenvalue weighted by molar-refractivity contribution is 6.30. The first-order valence-electron chi connectivity index (χ1n) is 4.82. The minimum absolute atomic E-state index is 0.124. The summed E-state index contributed by atoms with van der Waals surface area (Å²) in [6.07, 6.45) is 0. The van der Waals surface area contributed by atoms with Crippen LogP contribution < -0.4 is 4.74 Å². The Morgan fingerprint density at radius 2 is 1.94 bits per heavy atom. The molecule has 0 radical (unpaired) electrons. The molecule has 88 valence electrons. The van der Waals surface area contributed by atoms with Crippen LogP contribution in [-0.4, -0.2) is 22.3 Å². The van der Waals surface area contributed by atoms with E-state index in [1.807, 2.05) is 13.0 Å². The maximum Gasteiger partial charge on any atom is 0.243 e. The third-order valence-corrected chi connectivity index (χ3v) is 2.65. The van der Waals surface area contributed by atoms with Gasteiger partial charge >= 0.3 is 0 Å². The van der Waals surface area contributed by atoms with Crippen molar-refractivity contribution in [3.63, 3.8) is 0 Å². The van der Waals surface area contributed by atoms with E-state index >= 15 is 0 Å². The molecule has 4 nitrogen and oxygen atoms in total. The molecule has 0 saturated heterocycles. The van der Waals surface area contributed by atoms with Crippen LogP contribution in [0.25, 0.3) is 11.3 Å². The van der Waals surface area contributed by atoms with Gasteiger partial charge in [-0.3, -0.25) is 0 Å². The van der Waals surface area contributed by atoms with Crippen molar-refractivity contribution in [3.8, 4) is 17.0 Å². The predicted molar refractivity (Wildman–Crippen MR) is 66.6 cm³/mol. The van der Waals surface area contributed by atoms with Gasteiger partial charge in [0.2, 0.25) is 5.28 Å². The van der Waals surface area contributed by atoms with Crippen LogP contribution >= 0.6 is 23.2 Å². The Hall–Kier alpha value is -1.39. The molecule has 0 atom stereocenters. The zero-order chi connectivity index (χ0) is 12.4. The van der Waals surface area contributed by atoms with E-state index in [1.54, 1.807) is 19.2 Å². The molecule has 6 heteroatoms. The fourth-order valence-corrected chi connectivity index (χ4v) is 1.81. The van der Waals surface area contributed by atoms with E-state index in [0.717, 1.165) is 5.56 Å². The second-order valence-corrected chi connectivity index (χ2v) is 4.13. The Morgan fingerprint density at radius 1 is 1.18 bits per heavy atom. The Kier molecular flexibility index (Phi) is 3.45. The minimum atomic E-state index is 0.124. The van der Waals surface area contributed by atoms with Crippen molar-refractivity contribution in [2.24, 2.45) is 0 Å². The van der Waals surface area contributed by atoms with Crippen LogP contribution in [0.3, 0.4) is 0 Å². The molecule has 2 rings (SSSR count). The summed E-state index contributed by atoms with van der Waals surface area (Å²) in [6.45, 7) is 1.81. The summed E-state index contributed by atoms with van der Waals surface area (Å²) in [4.78, 5) is 4.05. The van der Waals surface area contributed by atoms with Crippen molar-refractivity contribution in [1.82, 2.24) is 15.2 Å². The number of hydrogen-bond acceptors (Lipinski definition) is 4. The third-order valence-electron chi connectivity index (χ3n) is 2.25. The summed E-state index contributed by atoms with van der Waals surface area (Å²) < 4.78 is 5.25. The highest BCUT2D eigenvalue weighted by atomic mass is 35.5. The molecule has 0 aliphatic rings. The lowest BCUT2D eigenvalue weighted by atomic mass is 10.1. The average Bonchev–Trinajstić information content (AvgIpc) is 2.30. The molecule has 0 amide bonds. The van der Waals surface area contributed by atoms with E-state index in [0.29, 0.717) is 22.2 Å². The molecule has 0 N–H and O–H groups in total. The van der Waals surface area contributed by atoms with Crippen molar-refractivity contribution >= 4 is 23.2 Å². The van der Waals surface area contributed by atoms with Crippen LogP contribution in [0.2, 0.25) is 10.3 Å². The van der Waals surface area contributed by atoms with Gasteiger partial charge in [0.1, 0.15) is 11.4 Å². The molecule has 0 spiro atoms. The molecule has 2 aromatic rings. The molecule has 1 heterocycles. The van der Waals surface area contributed by atoms with E-state index in [4.69, 9.17) is 27.9 Å². The first kappa shape index (κ1) is 12.1. The van der Waals surface area contributed by atoms with Crippen LogP contribution in [0, 0.1) is 6.92 Å². The summed E-state index contributed by atoms with van der Waals surface area (Å²) >= 11 is 11.6. The van der Waals surface area contributed by atoms with Crippen molar-refractivity contribution in [2.75, 3.05) is 7.11 Å². The summed E-state index contributed by atoms with van der Waals surface area (Å²) in [7, 11) is 1.57. The quantitative estimate of drug-likeness (QED) is 0.840. The maximum absolute atomic E-state index is 5.90. The molecular formula is C11H9Cl2N3O. The van der Waals surface area contributed by atoms with E-state index in [2.05, 4.69) is 15.2 Å². The zero-order valence-electron chi connectivity index (χ0n) is 9.24. The van der Waals surface area contributed by atoms with Crippen molar-refractivity contribution in [3.05, 3.63) is 34.2 Å². The second kappa shape index (κ2) is 4.85. The summed E-state index contributed by atoms with van der Waals surface area (Å²) in [5.74, 6) is 0.624. The van der Waals surface area contributed by atoms with Gasteiger partial charge in [-0.1, -0.05) is 11.6 Å². The monoisotopic (exact) mass is 269 g/mol. The van der Waals surface area contributed by atoms with E-state index < -0.39 is 0 Å². The first-order chi connectivity index (χ1) is 8.11. The smallest absolute Gasteiger partial charge is 0.243 e. The van der Waals surface area contributed by atoms with Crippen LogP contribution in [-0.2, 0) is 0 Å². The van der Waals surface area contributed by atoms with Gasteiger partial charge in [-0.2, -0.15) is 0 Å². The molecule has 0 fully saturated rings. The molecule has 0 saturated carbocycles. The van der Waals surface area contributed by atoms with E-state index in [1.165, 1.54) is 0 Å². The average molecular weight is 270 g/mol. The molecule has 17 heavy (non-hydrogen) atoms. The second-order valence-electron chi connectivity index (χ2n) is 3.36. The molecule has 1 aromatic heterocycles. The number of benzene rings is 1. The number of methoxy groups -OCH3 is 1. The highest BCUT2D eigenvalue weighted by Crippen LogP contribution is 2.32. The third kappa shape index (κ3) is 2.48. The molecule has 0 bridgehead atoms. The number of nitrogens with zero attached hydrogens (tertiary/aromatic N) is 3. The Balaban J connectivity index is 2.60. The lowest BCUT2D eigenvalue weighted by molar-refractivity contribution is 0.416. The lowest BCUT2D eigenvalue weighted by Crippen LogP contribution is -1.98. The molecule has 0 unspecified atom stereocenters. The van der Waals surface area contributed by atoms with Crippen LogP contribution in [0.1, 0.15) is 5.69 Å². The van der Waals surface area contributed by atoms with Gasteiger partial charge in [-0.05, 0) is 36.7 Å². The van der Waals surface area contributed by atoms with Crippen LogP contribution in [0.5, 0.6) is 5.75 Å². The number of ether oxygens (including phenoxy) is 1. The maximum atomic E-state index is 5.90. The first-order valence-corrected chi connectivity index (χ1v) is 5.58. The van der Waals surface area contributed by atoms with Gasteiger partial charge < -0.3 is 4.74 Å². The van der Waals surface area contributed by atoms with Gasteiger partial charge in [0.25, 0.3) is 0 Å². The van der Waals surface area contributed by atoms with Gasteiger partial charge in [0.15, 0.2) is 0 Å². The fourth-order valence-electron chi connectivity index (χ4n) is 1.49. The number of rotatable bonds is 2. The SMILES string of the molecule is COc1cc(Cl)ccc1-c1nnc(Cl)nc1C. The number of aromatic nitrogens is 3. The van der Waals surface area contributed by atoms with Gasteiger partial charge in [0.05, 0.1) is 12.8 Å². The highest BCUT2D eigenvalue weighted by Gasteiger charge is 2.12. The Labute approximate surface area is 109 Å². The van der Waals surface area contributed by atoms with Crippen LogP contribution in [0.15, 0.2) is 18.2 Å². The topological polar surface area (TPSA) is 47.9 Å². The van der Waals surface area contributed by atoms with Crippen LogP contribution in [0.4, 0.5) is 0 Å². The minimum Gasteiger partial charge on any atom is -0.496 e. The number of aryl methyl sites for hydroxylation is 1. The van der Waals surface area contributed by atoms with Gasteiger partial charge in [-0.15, -0.1) is 10.2 Å². The normalized spacial score (nSPS) is 10.4. The summed E-state index contributed by atoms with van der Waals surface area (Å²) in [6, 6.07) is 5.29. The largest absolute Gasteiger partial charge is 0.496 e. The van der Waals surface area contributed by atoms with Gasteiger partial charge in [-0.25, -0.2) is 4.98 Å².